The lowest BCUT2D eigenvalue weighted by Crippen LogP contribution is -2.09. The Morgan fingerprint density at radius 3 is 2.67 bits per heavy atom. The molecule has 0 aliphatic rings. The van der Waals surface area contributed by atoms with Gasteiger partial charge in [0.2, 0.25) is 5.88 Å². The molecule has 0 saturated heterocycles. The number of para-hydroxylation sites is 1. The summed E-state index contributed by atoms with van der Waals surface area (Å²) in [6.45, 7) is 7.27. The number of hydrogen-bond acceptors (Lipinski definition) is 4. The fourth-order valence-electron chi connectivity index (χ4n) is 2.00. The second-order valence-electron chi connectivity index (χ2n) is 5.06. The summed E-state index contributed by atoms with van der Waals surface area (Å²) in [5, 5.41) is 3.35. The molecule has 0 amide bonds. The Labute approximate surface area is 139 Å². The van der Waals surface area contributed by atoms with Crippen molar-refractivity contribution in [3.8, 4) is 11.6 Å². The number of hydrogen-bond donors (Lipinski definition) is 1. The number of nitrogens with one attached hydrogen (secondary N) is 1. The van der Waals surface area contributed by atoms with Crippen LogP contribution in [0.25, 0.3) is 0 Å². The second-order valence-corrected chi connectivity index (χ2v) is 6.22. The SMILES string of the molecule is CCCNc1ncnc(Oc2ccccc2I)c1C(C)C. The monoisotopic (exact) mass is 397 g/mol. The highest BCUT2D eigenvalue weighted by molar-refractivity contribution is 14.1. The minimum atomic E-state index is 0.280. The maximum absolute atomic E-state index is 6.02. The first-order valence-electron chi connectivity index (χ1n) is 7.14. The smallest absolute Gasteiger partial charge is 0.227 e. The van der Waals surface area contributed by atoms with E-state index in [1.807, 2.05) is 24.3 Å². The fraction of sp³-hybridized carbons (Fsp3) is 0.375. The molecule has 0 radical (unpaired) electrons. The summed E-state index contributed by atoms with van der Waals surface area (Å²) in [7, 11) is 0. The van der Waals surface area contributed by atoms with Crippen LogP contribution in [0.5, 0.6) is 11.6 Å². The summed E-state index contributed by atoms with van der Waals surface area (Å²) in [5.41, 5.74) is 1.02. The van der Waals surface area contributed by atoms with Crippen molar-refractivity contribution in [1.29, 1.82) is 0 Å². The quantitative estimate of drug-likeness (QED) is 0.711. The van der Waals surface area contributed by atoms with E-state index in [1.165, 1.54) is 0 Å². The normalized spacial score (nSPS) is 10.7. The molecular formula is C16H20IN3O. The van der Waals surface area contributed by atoms with Gasteiger partial charge in [-0.15, -0.1) is 0 Å². The third kappa shape index (κ3) is 4.06. The van der Waals surface area contributed by atoms with E-state index in [2.05, 4.69) is 58.6 Å². The standard InChI is InChI=1S/C16H20IN3O/c1-4-9-18-15-14(11(2)3)16(20-10-19-15)21-13-8-6-5-7-12(13)17/h5-8,10-11H,4,9H2,1-3H3,(H,18,19,20). The molecule has 0 spiro atoms. The molecule has 0 saturated carbocycles. The fourth-order valence-corrected chi connectivity index (χ4v) is 2.49. The van der Waals surface area contributed by atoms with Crippen molar-refractivity contribution >= 4 is 28.4 Å². The molecule has 4 nitrogen and oxygen atoms in total. The van der Waals surface area contributed by atoms with Crippen LogP contribution < -0.4 is 10.1 Å². The summed E-state index contributed by atoms with van der Waals surface area (Å²) in [6.07, 6.45) is 2.60. The van der Waals surface area contributed by atoms with Crippen LogP contribution in [0.1, 0.15) is 38.7 Å². The van der Waals surface area contributed by atoms with Gasteiger partial charge in [0.25, 0.3) is 0 Å². The molecule has 1 aromatic carbocycles. The van der Waals surface area contributed by atoms with E-state index in [0.717, 1.165) is 33.7 Å². The number of nitrogens with zero attached hydrogens (tertiary/aromatic N) is 2. The molecule has 1 N–H and O–H groups in total. The average molecular weight is 397 g/mol. The van der Waals surface area contributed by atoms with Crippen molar-refractivity contribution in [2.45, 2.75) is 33.1 Å². The second kappa shape index (κ2) is 7.59. The van der Waals surface area contributed by atoms with Crippen molar-refractivity contribution in [2.24, 2.45) is 0 Å². The molecule has 5 heteroatoms. The predicted octanol–water partition coefficient (Wildman–Crippen LogP) is 4.82. The zero-order valence-corrected chi connectivity index (χ0v) is 14.7. The molecule has 112 valence electrons. The summed E-state index contributed by atoms with van der Waals surface area (Å²) in [5.74, 6) is 2.59. The van der Waals surface area contributed by atoms with E-state index in [-0.39, 0.29) is 5.92 Å². The molecule has 0 aliphatic carbocycles. The number of benzene rings is 1. The zero-order chi connectivity index (χ0) is 15.2. The highest BCUT2D eigenvalue weighted by Crippen LogP contribution is 2.34. The van der Waals surface area contributed by atoms with E-state index in [0.29, 0.717) is 5.88 Å². The number of halogens is 1. The van der Waals surface area contributed by atoms with Crippen LogP contribution in [-0.4, -0.2) is 16.5 Å². The Morgan fingerprint density at radius 2 is 2.00 bits per heavy atom. The molecule has 2 aromatic rings. The average Bonchev–Trinajstić information content (AvgIpc) is 2.47. The molecule has 0 fully saturated rings. The van der Waals surface area contributed by atoms with Crippen LogP contribution in [0.15, 0.2) is 30.6 Å². The molecule has 21 heavy (non-hydrogen) atoms. The highest BCUT2D eigenvalue weighted by Gasteiger charge is 2.17. The largest absolute Gasteiger partial charge is 0.437 e. The first kappa shape index (κ1) is 16.0. The number of ether oxygens (including phenoxy) is 1. The van der Waals surface area contributed by atoms with Crippen LogP contribution >= 0.6 is 22.6 Å². The first-order valence-corrected chi connectivity index (χ1v) is 8.22. The van der Waals surface area contributed by atoms with Crippen molar-refractivity contribution in [1.82, 2.24) is 9.97 Å². The first-order chi connectivity index (χ1) is 10.1. The minimum absolute atomic E-state index is 0.280. The lowest BCUT2D eigenvalue weighted by molar-refractivity contribution is 0.449. The van der Waals surface area contributed by atoms with Gasteiger partial charge in [0.15, 0.2) is 0 Å². The van der Waals surface area contributed by atoms with E-state index in [4.69, 9.17) is 4.74 Å². The van der Waals surface area contributed by atoms with E-state index in [9.17, 15) is 0 Å². The van der Waals surface area contributed by atoms with Crippen LogP contribution in [-0.2, 0) is 0 Å². The van der Waals surface area contributed by atoms with Gasteiger partial charge in [-0.2, -0.15) is 0 Å². The number of anilines is 1. The number of rotatable bonds is 6. The molecule has 0 atom stereocenters. The molecule has 0 bridgehead atoms. The maximum Gasteiger partial charge on any atom is 0.227 e. The number of aromatic nitrogens is 2. The topological polar surface area (TPSA) is 47.0 Å². The van der Waals surface area contributed by atoms with Gasteiger partial charge in [0.05, 0.1) is 9.13 Å². The van der Waals surface area contributed by atoms with Gasteiger partial charge in [-0.1, -0.05) is 32.9 Å². The van der Waals surface area contributed by atoms with Gasteiger partial charge < -0.3 is 10.1 Å². The van der Waals surface area contributed by atoms with Gasteiger partial charge in [0, 0.05) is 6.54 Å². The lowest BCUT2D eigenvalue weighted by Gasteiger charge is -2.17. The van der Waals surface area contributed by atoms with E-state index in [1.54, 1.807) is 6.33 Å². The van der Waals surface area contributed by atoms with E-state index >= 15 is 0 Å². The van der Waals surface area contributed by atoms with Crippen molar-refractivity contribution < 1.29 is 4.74 Å². The van der Waals surface area contributed by atoms with E-state index < -0.39 is 0 Å². The molecule has 1 heterocycles. The molecule has 0 unspecified atom stereocenters. The summed E-state index contributed by atoms with van der Waals surface area (Å²) < 4.78 is 7.09. The molecular weight excluding hydrogens is 377 g/mol. The van der Waals surface area contributed by atoms with Crippen molar-refractivity contribution in [2.75, 3.05) is 11.9 Å². The van der Waals surface area contributed by atoms with Gasteiger partial charge in [-0.25, -0.2) is 9.97 Å². The summed E-state index contributed by atoms with van der Waals surface area (Å²) in [6, 6.07) is 7.92. The Kier molecular flexibility index (Phi) is 5.78. The molecule has 0 aliphatic heterocycles. The zero-order valence-electron chi connectivity index (χ0n) is 12.6. The summed E-state index contributed by atoms with van der Waals surface area (Å²) in [4.78, 5) is 8.69. The van der Waals surface area contributed by atoms with Gasteiger partial charge in [0.1, 0.15) is 17.9 Å². The van der Waals surface area contributed by atoms with Crippen LogP contribution in [0.3, 0.4) is 0 Å². The third-order valence-electron chi connectivity index (χ3n) is 3.01. The van der Waals surface area contributed by atoms with Gasteiger partial charge in [-0.05, 0) is 47.1 Å². The Balaban J connectivity index is 2.36. The Morgan fingerprint density at radius 1 is 1.24 bits per heavy atom. The predicted molar refractivity (Wildman–Crippen MR) is 94.1 cm³/mol. The minimum Gasteiger partial charge on any atom is -0.437 e. The third-order valence-corrected chi connectivity index (χ3v) is 3.90. The maximum atomic E-state index is 6.02. The van der Waals surface area contributed by atoms with Crippen molar-refractivity contribution in [3.05, 3.63) is 39.7 Å². The van der Waals surface area contributed by atoms with Gasteiger partial charge in [-0.3, -0.25) is 0 Å². The Hall–Kier alpha value is -1.37. The Bertz CT molecular complexity index is 602. The van der Waals surface area contributed by atoms with Crippen LogP contribution in [0.4, 0.5) is 5.82 Å². The highest BCUT2D eigenvalue weighted by atomic mass is 127. The van der Waals surface area contributed by atoms with Crippen molar-refractivity contribution in [3.63, 3.8) is 0 Å². The summed E-state index contributed by atoms with van der Waals surface area (Å²) >= 11 is 2.26. The van der Waals surface area contributed by atoms with Crippen LogP contribution in [0.2, 0.25) is 0 Å². The molecule has 2 rings (SSSR count). The molecule has 1 aromatic heterocycles. The van der Waals surface area contributed by atoms with Gasteiger partial charge >= 0.3 is 0 Å². The van der Waals surface area contributed by atoms with Crippen LogP contribution in [0, 0.1) is 3.57 Å². The lowest BCUT2D eigenvalue weighted by atomic mass is 10.1.